The van der Waals surface area contributed by atoms with E-state index in [1.54, 1.807) is 0 Å². The average molecular weight is 994 g/mol. The summed E-state index contributed by atoms with van der Waals surface area (Å²) in [6, 6.07) is 30.0. The van der Waals surface area contributed by atoms with Crippen LogP contribution in [-0.2, 0) is 53.5 Å². The molecule has 0 unspecified atom stereocenters. The van der Waals surface area contributed by atoms with E-state index in [0.29, 0.717) is 39.5 Å². The molecule has 0 aliphatic carbocycles. The van der Waals surface area contributed by atoms with Crippen LogP contribution in [0.3, 0.4) is 0 Å². The molecular formula is C42H48F9N9O9. The third-order valence-electron chi connectivity index (χ3n) is 7.91. The third-order valence-corrected chi connectivity index (χ3v) is 7.91. The summed E-state index contributed by atoms with van der Waals surface area (Å²) in [6.45, 7) is 2.75. The molecule has 0 atom stereocenters. The highest BCUT2D eigenvalue weighted by Gasteiger charge is 2.39. The van der Waals surface area contributed by atoms with E-state index in [1.807, 2.05) is 72.8 Å². The normalized spacial score (nSPS) is 10.7. The molecule has 0 aromatic heterocycles. The number of aliphatic carboxylic acids is 3. The number of carboxylic acids is 3. The first-order valence-electron chi connectivity index (χ1n) is 19.4. The number of halogens is 9. The van der Waals surface area contributed by atoms with Gasteiger partial charge in [-0.3, -0.25) is 15.0 Å². The monoisotopic (exact) mass is 993 g/mol. The van der Waals surface area contributed by atoms with Crippen molar-refractivity contribution in [3.05, 3.63) is 124 Å². The number of benzene rings is 4. The molecule has 4 rings (SSSR count). The first kappa shape index (κ1) is 58.9. The summed E-state index contributed by atoms with van der Waals surface area (Å²) in [4.78, 5) is 38.8. The fourth-order valence-electron chi connectivity index (χ4n) is 4.79. The van der Waals surface area contributed by atoms with Gasteiger partial charge in [-0.1, -0.05) is 36.4 Å². The molecule has 0 radical (unpaired) electrons. The summed E-state index contributed by atoms with van der Waals surface area (Å²) in [5.74, 6) is -5.70. The van der Waals surface area contributed by atoms with E-state index < -0.39 is 36.4 Å². The van der Waals surface area contributed by atoms with Crippen molar-refractivity contribution in [2.45, 2.75) is 57.6 Å². The molecule has 0 heterocycles. The van der Waals surface area contributed by atoms with Crippen molar-refractivity contribution < 1.29 is 83.4 Å². The molecule has 378 valence electrons. The number of alkyl halides is 9. The summed E-state index contributed by atoms with van der Waals surface area (Å²) in [5.41, 5.74) is 38.9. The summed E-state index contributed by atoms with van der Waals surface area (Å²) in [7, 11) is 0. The van der Waals surface area contributed by atoms with Crippen molar-refractivity contribution in [1.82, 2.24) is 0 Å². The van der Waals surface area contributed by atoms with Crippen LogP contribution in [0.4, 0.5) is 39.5 Å². The molecule has 4 aromatic carbocycles. The Hall–Kier alpha value is -8.13. The quantitative estimate of drug-likeness (QED) is 0.0368. The van der Waals surface area contributed by atoms with Crippen LogP contribution in [0.25, 0.3) is 0 Å². The van der Waals surface area contributed by atoms with Gasteiger partial charge in [0.2, 0.25) is 0 Å². The molecule has 27 heteroatoms. The maximum atomic E-state index is 10.6. The van der Waals surface area contributed by atoms with E-state index in [1.165, 1.54) is 0 Å². The molecule has 0 spiro atoms. The molecule has 0 saturated heterocycles. The zero-order chi connectivity index (χ0) is 52.4. The topological polar surface area (TPSA) is 333 Å². The minimum atomic E-state index is -5.08. The van der Waals surface area contributed by atoms with Crippen molar-refractivity contribution in [2.75, 3.05) is 19.6 Å². The highest BCUT2D eigenvalue weighted by molar-refractivity contribution is 5.76. The molecule has 15 N–H and O–H groups in total. The van der Waals surface area contributed by atoms with Crippen molar-refractivity contribution in [3.63, 3.8) is 0 Å². The van der Waals surface area contributed by atoms with Gasteiger partial charge in [-0.05, 0) is 107 Å². The third kappa shape index (κ3) is 27.8. The van der Waals surface area contributed by atoms with Crippen molar-refractivity contribution in [3.8, 4) is 17.2 Å². The number of hydrogen-bond donors (Lipinski definition) is 9. The Morgan fingerprint density at radius 1 is 0.391 bits per heavy atom. The van der Waals surface area contributed by atoms with Crippen LogP contribution >= 0.6 is 0 Å². The number of carboxylic acid groups (broad SMARTS) is 3. The second-order valence-corrected chi connectivity index (χ2v) is 13.5. The average Bonchev–Trinajstić information content (AvgIpc) is 3.25. The van der Waals surface area contributed by atoms with Gasteiger partial charge in [-0.2, -0.15) is 39.5 Å². The molecule has 69 heavy (non-hydrogen) atoms. The van der Waals surface area contributed by atoms with Crippen LogP contribution in [0.2, 0.25) is 0 Å². The number of carbonyl (C=O) groups is 3. The van der Waals surface area contributed by atoms with Gasteiger partial charge in [0.15, 0.2) is 17.9 Å². The smallest absolute Gasteiger partial charge is 0.489 e. The van der Waals surface area contributed by atoms with Gasteiger partial charge >= 0.3 is 36.4 Å². The number of nitrogens with two attached hydrogens (primary N) is 6. The molecular weight excluding hydrogens is 945 g/mol. The Bertz CT molecular complexity index is 2030. The lowest BCUT2D eigenvalue weighted by atomic mass is 10.1. The lowest BCUT2D eigenvalue weighted by Crippen LogP contribution is -2.23. The fraction of sp³-hybridized carbons (Fsp3) is 0.286. The lowest BCUT2D eigenvalue weighted by molar-refractivity contribution is -0.193. The molecule has 0 fully saturated rings. The molecule has 0 aliphatic heterocycles. The van der Waals surface area contributed by atoms with E-state index in [2.05, 4.69) is 33.2 Å². The summed E-state index contributed by atoms with van der Waals surface area (Å²) in [6.07, 6.45) is -13.0. The van der Waals surface area contributed by atoms with E-state index in [0.717, 1.165) is 69.9 Å². The predicted molar refractivity (Wildman–Crippen MR) is 233 cm³/mol. The van der Waals surface area contributed by atoms with Crippen LogP contribution in [0.15, 0.2) is 106 Å². The van der Waals surface area contributed by atoms with Gasteiger partial charge in [-0.25, -0.2) is 14.4 Å². The van der Waals surface area contributed by atoms with E-state index in [9.17, 15) is 39.5 Å². The first-order chi connectivity index (χ1) is 32.0. The fourth-order valence-corrected chi connectivity index (χ4v) is 4.79. The van der Waals surface area contributed by atoms with Gasteiger partial charge in [0.1, 0.15) is 37.1 Å². The second kappa shape index (κ2) is 28.8. The molecule has 18 nitrogen and oxygen atoms in total. The summed E-state index contributed by atoms with van der Waals surface area (Å²) >= 11 is 0. The van der Waals surface area contributed by atoms with Crippen molar-refractivity contribution >= 4 is 35.8 Å². The zero-order valence-corrected chi connectivity index (χ0v) is 36.0. The minimum Gasteiger partial charge on any atom is -0.489 e. The SMILES string of the molecule is NC(N)=NCCc1ccc(OCc2cc(COc3ccc(CCN=C(N)N)cc3)cc(COc3ccc(CCN=C(N)N)cc3)c2)cc1.O=C(O)C(F)(F)F.O=C(O)C(F)(F)F.O=C(O)C(F)(F)F. The summed E-state index contributed by atoms with van der Waals surface area (Å²) < 4.78 is 114. The highest BCUT2D eigenvalue weighted by Crippen LogP contribution is 2.22. The number of guanidine groups is 3. The van der Waals surface area contributed by atoms with E-state index in [4.69, 9.17) is 78.3 Å². The standard InChI is InChI=1S/C36H45N9O3.3C2HF3O2/c37-34(38)43-16-13-25-1-7-31(8-2-25)46-22-28-19-29(23-47-32-9-3-26(4-10-32)14-17-44-35(39)40)21-30(20-28)24-48-33-11-5-27(6-12-33)15-18-45-36(41)42;3*3-2(4,5)1(6)7/h1-12,19-21H,13-18,22-24H2,(H4,37,38,43)(H4,39,40,44)(H4,41,42,45);3*(H,6,7). The van der Waals surface area contributed by atoms with Crippen molar-refractivity contribution in [2.24, 2.45) is 49.4 Å². The van der Waals surface area contributed by atoms with Gasteiger partial charge in [0.25, 0.3) is 0 Å². The van der Waals surface area contributed by atoms with Gasteiger partial charge in [0.05, 0.1) is 0 Å². The van der Waals surface area contributed by atoms with E-state index >= 15 is 0 Å². The molecule has 0 bridgehead atoms. The zero-order valence-electron chi connectivity index (χ0n) is 36.0. The molecule has 0 saturated carbocycles. The van der Waals surface area contributed by atoms with Crippen LogP contribution < -0.4 is 48.6 Å². The Kier molecular flexibility index (Phi) is 24.6. The highest BCUT2D eigenvalue weighted by atomic mass is 19.4. The Balaban J connectivity index is 0.000000938. The number of aliphatic imine (C=N–C) groups is 3. The number of hydrogen-bond acceptors (Lipinski definition) is 9. The van der Waals surface area contributed by atoms with Gasteiger partial charge in [0, 0.05) is 19.6 Å². The lowest BCUT2D eigenvalue weighted by Gasteiger charge is -2.14. The molecule has 4 aromatic rings. The Morgan fingerprint density at radius 3 is 0.739 bits per heavy atom. The summed E-state index contributed by atoms with van der Waals surface area (Å²) in [5, 5.41) is 21.4. The predicted octanol–water partition coefficient (Wildman–Crippen LogP) is 4.77. The van der Waals surface area contributed by atoms with Gasteiger partial charge in [-0.15, -0.1) is 0 Å². The van der Waals surface area contributed by atoms with Crippen LogP contribution in [0.1, 0.15) is 33.4 Å². The minimum absolute atomic E-state index is 0.0927. The number of nitrogens with zero attached hydrogens (tertiary/aromatic N) is 3. The number of ether oxygens (including phenoxy) is 3. The first-order valence-corrected chi connectivity index (χ1v) is 19.4. The van der Waals surface area contributed by atoms with Gasteiger partial charge < -0.3 is 63.9 Å². The van der Waals surface area contributed by atoms with Crippen LogP contribution in [0, 0.1) is 0 Å². The van der Waals surface area contributed by atoms with Crippen LogP contribution in [-0.4, -0.2) is 89.3 Å². The molecule has 0 amide bonds. The Labute approximate surface area is 387 Å². The maximum Gasteiger partial charge on any atom is 0.490 e. The van der Waals surface area contributed by atoms with E-state index in [-0.39, 0.29) is 17.9 Å². The number of rotatable bonds is 18. The van der Waals surface area contributed by atoms with Crippen LogP contribution in [0.5, 0.6) is 17.2 Å². The largest absolute Gasteiger partial charge is 0.490 e. The second-order valence-electron chi connectivity index (χ2n) is 13.5. The molecule has 0 aliphatic rings. The maximum absolute atomic E-state index is 10.6. The Morgan fingerprint density at radius 2 is 0.580 bits per heavy atom. The van der Waals surface area contributed by atoms with Crippen molar-refractivity contribution in [1.29, 1.82) is 0 Å².